The summed E-state index contributed by atoms with van der Waals surface area (Å²) in [6.45, 7) is 19.0. The number of carbonyl (C=O) groups excluding carboxylic acids is 2. The van der Waals surface area contributed by atoms with E-state index in [0.29, 0.717) is 13.0 Å². The Morgan fingerprint density at radius 1 is 0.933 bits per heavy atom. The maximum absolute atomic E-state index is 14.4. The monoisotopic (exact) mass is 660 g/mol. The van der Waals surface area contributed by atoms with Crippen molar-refractivity contribution in [3.63, 3.8) is 0 Å². The molecule has 0 saturated carbocycles. The van der Waals surface area contributed by atoms with Gasteiger partial charge in [-0.2, -0.15) is 4.31 Å². The van der Waals surface area contributed by atoms with Crippen LogP contribution in [0, 0.1) is 13.8 Å². The number of fused-ring (bicyclic) bond motifs is 1. The summed E-state index contributed by atoms with van der Waals surface area (Å²) in [4.78, 5) is 31.7. The van der Waals surface area contributed by atoms with Gasteiger partial charge in [-0.1, -0.05) is 47.5 Å². The van der Waals surface area contributed by atoms with Gasteiger partial charge in [0, 0.05) is 32.0 Å². The molecule has 2 fully saturated rings. The molecule has 2 heterocycles. The zero-order valence-corrected chi connectivity index (χ0v) is 29.5. The summed E-state index contributed by atoms with van der Waals surface area (Å²) in [5, 5.41) is 3.54. The predicted octanol–water partition coefficient (Wildman–Crippen LogP) is 4.20. The van der Waals surface area contributed by atoms with E-state index in [9.17, 15) is 18.0 Å². The standard InChI is InChI=1S/C34H51ClN5O4S/c1-8-40(9-2,10-3)19-11-18-36-29-22-38(45(43,44)31-17-14-26(7)20-28(31)35)32-23-37(24(4)5)34(42)30(39(32)33(29)41)21-27-15-12-25(6)13-16-27/h12-17,20,24,29-30,32,36H,8-11,18-19,21-23H2,1-7H3/q+1. The molecule has 0 bridgehead atoms. The molecule has 4 rings (SSSR count). The summed E-state index contributed by atoms with van der Waals surface area (Å²) in [5.41, 5.74) is 2.86. The Balaban J connectivity index is 1.74. The first-order valence-electron chi connectivity index (χ1n) is 16.3. The molecule has 0 aliphatic carbocycles. The van der Waals surface area contributed by atoms with Gasteiger partial charge in [0.2, 0.25) is 21.8 Å². The first-order valence-corrected chi connectivity index (χ1v) is 18.1. The van der Waals surface area contributed by atoms with E-state index in [1.807, 2.05) is 52.0 Å². The van der Waals surface area contributed by atoms with Crippen molar-refractivity contribution < 1.29 is 22.5 Å². The summed E-state index contributed by atoms with van der Waals surface area (Å²) < 4.78 is 31.3. The fraction of sp³-hybridized carbons (Fsp3) is 0.588. The highest BCUT2D eigenvalue weighted by Gasteiger charge is 2.54. The number of hydrogen-bond acceptors (Lipinski definition) is 5. The third-order valence-corrected chi connectivity index (χ3v) is 12.2. The van der Waals surface area contributed by atoms with Crippen LogP contribution in [0.15, 0.2) is 47.4 Å². The van der Waals surface area contributed by atoms with Crippen molar-refractivity contribution in [3.8, 4) is 0 Å². The number of nitrogens with one attached hydrogen (secondary N) is 1. The minimum absolute atomic E-state index is 0.00168. The third-order valence-electron chi connectivity index (χ3n) is 9.89. The average molecular weight is 661 g/mol. The maximum Gasteiger partial charge on any atom is 0.246 e. The first-order chi connectivity index (χ1) is 21.3. The molecule has 1 N–H and O–H groups in total. The zero-order chi connectivity index (χ0) is 33.1. The van der Waals surface area contributed by atoms with Crippen LogP contribution < -0.4 is 5.32 Å². The van der Waals surface area contributed by atoms with Crippen LogP contribution >= 0.6 is 11.6 Å². The van der Waals surface area contributed by atoms with Gasteiger partial charge in [-0.3, -0.25) is 9.59 Å². The van der Waals surface area contributed by atoms with Gasteiger partial charge in [-0.05, 0) is 71.7 Å². The average Bonchev–Trinajstić information content (AvgIpc) is 3.00. The van der Waals surface area contributed by atoms with Crippen LogP contribution in [-0.2, 0) is 26.0 Å². The van der Waals surface area contributed by atoms with E-state index >= 15 is 0 Å². The molecule has 2 aromatic rings. The second kappa shape index (κ2) is 14.5. The van der Waals surface area contributed by atoms with Crippen LogP contribution in [0.1, 0.15) is 57.7 Å². The molecule has 248 valence electrons. The number of aryl methyl sites for hydroxylation is 2. The third kappa shape index (κ3) is 7.41. The van der Waals surface area contributed by atoms with Crippen LogP contribution in [0.2, 0.25) is 5.02 Å². The molecule has 11 heteroatoms. The van der Waals surface area contributed by atoms with E-state index < -0.39 is 28.3 Å². The number of rotatable bonds is 13. The molecule has 2 aliphatic rings. The first kappa shape index (κ1) is 35.4. The lowest BCUT2D eigenvalue weighted by Gasteiger charge is -2.54. The minimum atomic E-state index is -4.14. The van der Waals surface area contributed by atoms with Crippen LogP contribution in [-0.4, -0.2) is 109 Å². The lowest BCUT2D eigenvalue weighted by atomic mass is 9.96. The number of piperazine rings is 1. The number of hydrogen-bond donors (Lipinski definition) is 1. The second-order valence-electron chi connectivity index (χ2n) is 12.9. The number of amides is 2. The zero-order valence-electron chi connectivity index (χ0n) is 27.9. The molecule has 2 aliphatic heterocycles. The van der Waals surface area contributed by atoms with E-state index in [-0.39, 0.29) is 40.9 Å². The number of sulfonamides is 1. The predicted molar refractivity (Wildman–Crippen MR) is 179 cm³/mol. The molecule has 0 aromatic heterocycles. The van der Waals surface area contributed by atoms with E-state index in [0.717, 1.165) is 53.8 Å². The summed E-state index contributed by atoms with van der Waals surface area (Å²) in [5.74, 6) is -0.407. The van der Waals surface area contributed by atoms with Gasteiger partial charge in [0.1, 0.15) is 23.1 Å². The van der Waals surface area contributed by atoms with Gasteiger partial charge in [0.25, 0.3) is 0 Å². The lowest BCUT2D eigenvalue weighted by Crippen LogP contribution is -2.76. The highest BCUT2D eigenvalue weighted by Crippen LogP contribution is 2.34. The normalized spacial score (nSPS) is 21.5. The van der Waals surface area contributed by atoms with Crippen molar-refractivity contribution in [2.24, 2.45) is 0 Å². The molecule has 2 saturated heterocycles. The Bertz CT molecular complexity index is 1450. The molecule has 3 atom stereocenters. The SMILES string of the molecule is CC[N+](CC)(CC)CCCNC1CN(S(=O)(=O)c2ccc(C)cc2Cl)C2CN(C(C)C)C(=O)C(Cc3ccc(C)cc3)N2C1=O. The Hall–Kier alpha value is -2.50. The highest BCUT2D eigenvalue weighted by atomic mass is 35.5. The largest absolute Gasteiger partial charge is 0.335 e. The molecular formula is C34H51ClN5O4S+. The number of halogens is 1. The van der Waals surface area contributed by atoms with Gasteiger partial charge in [-0.15, -0.1) is 0 Å². The van der Waals surface area contributed by atoms with Crippen molar-refractivity contribution >= 4 is 33.4 Å². The second-order valence-corrected chi connectivity index (χ2v) is 15.2. The molecule has 0 spiro atoms. The molecule has 2 aromatic carbocycles. The van der Waals surface area contributed by atoms with Gasteiger partial charge in [0.15, 0.2) is 0 Å². The van der Waals surface area contributed by atoms with E-state index in [1.165, 1.54) is 10.4 Å². The van der Waals surface area contributed by atoms with Crippen molar-refractivity contribution in [1.82, 2.24) is 19.4 Å². The van der Waals surface area contributed by atoms with Crippen LogP contribution in [0.3, 0.4) is 0 Å². The van der Waals surface area contributed by atoms with Crippen LogP contribution in [0.25, 0.3) is 0 Å². The number of carbonyl (C=O) groups is 2. The van der Waals surface area contributed by atoms with Crippen molar-refractivity contribution in [2.75, 3.05) is 45.8 Å². The molecular weight excluding hydrogens is 610 g/mol. The maximum atomic E-state index is 14.4. The fourth-order valence-corrected chi connectivity index (χ4v) is 8.91. The minimum Gasteiger partial charge on any atom is -0.335 e. The fourth-order valence-electron chi connectivity index (χ4n) is 6.75. The van der Waals surface area contributed by atoms with Gasteiger partial charge in [0.05, 0.1) is 37.7 Å². The van der Waals surface area contributed by atoms with E-state index in [1.54, 1.807) is 21.9 Å². The Morgan fingerprint density at radius 2 is 1.56 bits per heavy atom. The van der Waals surface area contributed by atoms with Crippen molar-refractivity contribution in [3.05, 3.63) is 64.2 Å². The number of benzene rings is 2. The number of quaternary nitrogens is 1. The van der Waals surface area contributed by atoms with Gasteiger partial charge >= 0.3 is 0 Å². The summed E-state index contributed by atoms with van der Waals surface area (Å²) in [6.07, 6.45) is 0.268. The lowest BCUT2D eigenvalue weighted by molar-refractivity contribution is -0.923. The van der Waals surface area contributed by atoms with E-state index in [2.05, 4.69) is 26.1 Å². The molecule has 9 nitrogen and oxygen atoms in total. The Morgan fingerprint density at radius 3 is 2.13 bits per heavy atom. The summed E-state index contributed by atoms with van der Waals surface area (Å²) in [7, 11) is -4.14. The molecule has 45 heavy (non-hydrogen) atoms. The Kier molecular flexibility index (Phi) is 11.4. The van der Waals surface area contributed by atoms with E-state index in [4.69, 9.17) is 11.6 Å². The molecule has 2 amide bonds. The molecule has 3 unspecified atom stereocenters. The Labute approximate surface area is 275 Å². The van der Waals surface area contributed by atoms with Crippen molar-refractivity contribution in [1.29, 1.82) is 0 Å². The van der Waals surface area contributed by atoms with Crippen LogP contribution in [0.4, 0.5) is 0 Å². The molecule has 0 radical (unpaired) electrons. The quantitative estimate of drug-likeness (QED) is 0.257. The smallest absolute Gasteiger partial charge is 0.246 e. The van der Waals surface area contributed by atoms with Crippen molar-refractivity contribution in [2.45, 2.75) is 90.5 Å². The van der Waals surface area contributed by atoms with Gasteiger partial charge in [-0.25, -0.2) is 8.42 Å². The highest BCUT2D eigenvalue weighted by molar-refractivity contribution is 7.89. The topological polar surface area (TPSA) is 90.0 Å². The number of nitrogens with zero attached hydrogens (tertiary/aromatic N) is 4. The summed E-state index contributed by atoms with van der Waals surface area (Å²) in [6, 6.07) is 11.0. The van der Waals surface area contributed by atoms with Gasteiger partial charge < -0.3 is 19.6 Å². The van der Waals surface area contributed by atoms with Crippen LogP contribution in [0.5, 0.6) is 0 Å². The summed E-state index contributed by atoms with van der Waals surface area (Å²) >= 11 is 6.54.